The van der Waals surface area contributed by atoms with Gasteiger partial charge in [0.1, 0.15) is 11.3 Å². The predicted octanol–water partition coefficient (Wildman–Crippen LogP) is -0.662. The number of hydrogen-bond donors (Lipinski definition) is 4. The fourth-order valence-electron chi connectivity index (χ4n) is 2.78. The molecule has 0 saturated carbocycles. The van der Waals surface area contributed by atoms with Crippen molar-refractivity contribution in [3.8, 4) is 5.75 Å². The molecule has 0 saturated heterocycles. The number of nitrogens with one attached hydrogen (secondary N) is 1. The summed E-state index contributed by atoms with van der Waals surface area (Å²) in [6, 6.07) is 3.46. The first-order valence-corrected chi connectivity index (χ1v) is 9.29. The second-order valence-electron chi connectivity index (χ2n) is 5.92. The molecule has 1 aromatic heterocycles. The highest BCUT2D eigenvalue weighted by atomic mass is 32.2. The van der Waals surface area contributed by atoms with Gasteiger partial charge in [0.2, 0.25) is 0 Å². The van der Waals surface area contributed by atoms with E-state index in [0.29, 0.717) is 23.9 Å². The van der Waals surface area contributed by atoms with Gasteiger partial charge in [-0.15, -0.1) is 0 Å². The van der Waals surface area contributed by atoms with Gasteiger partial charge < -0.3 is 14.8 Å². The van der Waals surface area contributed by atoms with Gasteiger partial charge in [-0.25, -0.2) is 9.93 Å². The number of carboxylic acids is 1. The summed E-state index contributed by atoms with van der Waals surface area (Å²) in [7, 11) is -4.84. The van der Waals surface area contributed by atoms with E-state index >= 15 is 0 Å². The van der Waals surface area contributed by atoms with E-state index in [1.807, 2.05) is 0 Å². The number of rotatable bonds is 6. The zero-order valence-electron chi connectivity index (χ0n) is 13.6. The first-order chi connectivity index (χ1) is 12.2. The van der Waals surface area contributed by atoms with E-state index in [9.17, 15) is 23.3 Å². The standard InChI is InChI=1S/C14H17BN4O6S/c16-26(23,24)18-6-9-5-17-19(7-9)8-11-2-1-10-3-4-15(22)25-13(10)12(11)14(20)21/h1-2,5,7,18,22H,3-4,6,8H2,(H,20,21)(H2,16,23,24). The van der Waals surface area contributed by atoms with Crippen molar-refractivity contribution in [2.75, 3.05) is 0 Å². The highest BCUT2D eigenvalue weighted by Gasteiger charge is 2.29. The van der Waals surface area contributed by atoms with Crippen molar-refractivity contribution in [1.29, 1.82) is 0 Å². The molecule has 0 unspecified atom stereocenters. The maximum absolute atomic E-state index is 11.7. The summed E-state index contributed by atoms with van der Waals surface area (Å²) >= 11 is 0. The molecule has 2 aromatic rings. The van der Waals surface area contributed by atoms with Gasteiger partial charge in [0.05, 0.1) is 12.7 Å². The Balaban J connectivity index is 1.85. The number of hydrogen-bond acceptors (Lipinski definition) is 6. The lowest BCUT2D eigenvalue weighted by molar-refractivity contribution is 0.0693. The lowest BCUT2D eigenvalue weighted by atomic mass is 9.78. The van der Waals surface area contributed by atoms with Crippen LogP contribution in [-0.4, -0.2) is 41.4 Å². The zero-order valence-corrected chi connectivity index (χ0v) is 14.4. The van der Waals surface area contributed by atoms with E-state index in [2.05, 4.69) is 9.82 Å². The first-order valence-electron chi connectivity index (χ1n) is 7.74. The van der Waals surface area contributed by atoms with Gasteiger partial charge in [-0.05, 0) is 23.9 Å². The molecule has 1 aromatic carbocycles. The van der Waals surface area contributed by atoms with Gasteiger partial charge in [-0.3, -0.25) is 4.68 Å². The minimum absolute atomic E-state index is 0.0130. The van der Waals surface area contributed by atoms with Crippen LogP contribution >= 0.6 is 0 Å². The van der Waals surface area contributed by atoms with Gasteiger partial charge in [0, 0.05) is 18.3 Å². The number of nitrogens with two attached hydrogens (primary N) is 1. The van der Waals surface area contributed by atoms with Crippen LogP contribution in [0.2, 0.25) is 6.32 Å². The molecule has 26 heavy (non-hydrogen) atoms. The smallest absolute Gasteiger partial charge is 0.522 e. The highest BCUT2D eigenvalue weighted by molar-refractivity contribution is 7.87. The van der Waals surface area contributed by atoms with Crippen molar-refractivity contribution < 1.29 is 28.0 Å². The molecule has 0 fully saturated rings. The number of aromatic nitrogens is 2. The highest BCUT2D eigenvalue weighted by Crippen LogP contribution is 2.33. The Labute approximate surface area is 149 Å². The van der Waals surface area contributed by atoms with Crippen molar-refractivity contribution in [2.24, 2.45) is 5.14 Å². The second-order valence-corrected chi connectivity index (χ2v) is 7.30. The van der Waals surface area contributed by atoms with Gasteiger partial charge in [-0.2, -0.15) is 18.2 Å². The molecule has 0 bridgehead atoms. The van der Waals surface area contributed by atoms with Crippen LogP contribution in [-0.2, 0) is 29.7 Å². The molecule has 3 rings (SSSR count). The molecule has 0 amide bonds. The third-order valence-corrected chi connectivity index (χ3v) is 4.50. The summed E-state index contributed by atoms with van der Waals surface area (Å²) in [6.45, 7) is 0.119. The van der Waals surface area contributed by atoms with E-state index < -0.39 is 23.3 Å². The number of carbonyl (C=O) groups is 1. The van der Waals surface area contributed by atoms with Crippen LogP contribution in [0.3, 0.4) is 0 Å². The lowest BCUT2D eigenvalue weighted by Crippen LogP contribution is -2.30. The number of fused-ring (bicyclic) bond motifs is 1. The van der Waals surface area contributed by atoms with Crippen molar-refractivity contribution in [3.63, 3.8) is 0 Å². The van der Waals surface area contributed by atoms with E-state index in [1.165, 1.54) is 10.9 Å². The number of aryl methyl sites for hydroxylation is 1. The zero-order chi connectivity index (χ0) is 18.9. The third kappa shape index (κ3) is 4.22. The Kier molecular flexibility index (Phi) is 5.00. The van der Waals surface area contributed by atoms with Crippen molar-refractivity contribution in [3.05, 3.63) is 46.8 Å². The van der Waals surface area contributed by atoms with E-state index in [-0.39, 0.29) is 24.4 Å². The molecule has 0 spiro atoms. The normalized spacial score (nSPS) is 14.0. The van der Waals surface area contributed by atoms with E-state index in [4.69, 9.17) is 9.79 Å². The molecular weight excluding hydrogens is 363 g/mol. The predicted molar refractivity (Wildman–Crippen MR) is 91.8 cm³/mol. The molecule has 2 heterocycles. The third-order valence-electron chi connectivity index (χ3n) is 3.95. The lowest BCUT2D eigenvalue weighted by Gasteiger charge is -2.23. The SMILES string of the molecule is NS(=O)(=O)NCc1cnn(Cc2ccc3c(c2C(=O)O)OB(O)CC3)c1. The van der Waals surface area contributed by atoms with E-state index in [1.54, 1.807) is 18.3 Å². The summed E-state index contributed by atoms with van der Waals surface area (Å²) in [5, 5.41) is 28.2. The number of benzene rings is 1. The second kappa shape index (κ2) is 7.07. The Morgan fingerprint density at radius 2 is 2.23 bits per heavy atom. The average molecular weight is 380 g/mol. The van der Waals surface area contributed by atoms with Crippen LogP contribution in [0.4, 0.5) is 0 Å². The Hall–Kier alpha value is -2.41. The van der Waals surface area contributed by atoms with Crippen LogP contribution < -0.4 is 14.5 Å². The number of aromatic carboxylic acids is 1. The van der Waals surface area contributed by atoms with Crippen molar-refractivity contribution in [2.45, 2.75) is 25.8 Å². The maximum Gasteiger partial charge on any atom is 0.522 e. The quantitative estimate of drug-likeness (QED) is 0.485. The largest absolute Gasteiger partial charge is 0.535 e. The van der Waals surface area contributed by atoms with E-state index in [0.717, 1.165) is 5.56 Å². The van der Waals surface area contributed by atoms with Gasteiger partial charge in [0.15, 0.2) is 0 Å². The van der Waals surface area contributed by atoms with Crippen molar-refractivity contribution >= 4 is 23.3 Å². The van der Waals surface area contributed by atoms with Crippen molar-refractivity contribution in [1.82, 2.24) is 14.5 Å². The molecule has 0 radical (unpaired) electrons. The van der Waals surface area contributed by atoms with Crippen LogP contribution in [0.5, 0.6) is 5.75 Å². The molecule has 10 nitrogen and oxygen atoms in total. The Bertz CT molecular complexity index is 945. The summed E-state index contributed by atoms with van der Waals surface area (Å²) in [5.41, 5.74) is 1.75. The van der Waals surface area contributed by atoms with Crippen LogP contribution in [0, 0.1) is 0 Å². The van der Waals surface area contributed by atoms with Gasteiger partial charge >= 0.3 is 13.1 Å². The number of carboxylic acid groups (broad SMARTS) is 1. The molecule has 1 aliphatic rings. The van der Waals surface area contributed by atoms with Gasteiger partial charge in [0.25, 0.3) is 10.2 Å². The molecule has 0 atom stereocenters. The Morgan fingerprint density at radius 3 is 2.92 bits per heavy atom. The van der Waals surface area contributed by atoms with Crippen LogP contribution in [0.15, 0.2) is 24.5 Å². The molecule has 5 N–H and O–H groups in total. The molecule has 0 aliphatic carbocycles. The monoisotopic (exact) mass is 380 g/mol. The Morgan fingerprint density at radius 1 is 1.46 bits per heavy atom. The maximum atomic E-state index is 11.7. The number of nitrogens with zero attached hydrogens (tertiary/aromatic N) is 2. The average Bonchev–Trinajstić information content (AvgIpc) is 2.99. The minimum atomic E-state index is -3.81. The fraction of sp³-hybridized carbons (Fsp3) is 0.286. The molecule has 1 aliphatic heterocycles. The summed E-state index contributed by atoms with van der Waals surface area (Å²) in [5.74, 6) is -0.980. The minimum Gasteiger partial charge on any atom is -0.535 e. The summed E-state index contributed by atoms with van der Waals surface area (Å²) in [4.78, 5) is 11.7. The molecule has 12 heteroatoms. The van der Waals surface area contributed by atoms with Crippen LogP contribution in [0.1, 0.15) is 27.0 Å². The molecule has 138 valence electrons. The fourth-order valence-corrected chi connectivity index (χ4v) is 3.15. The summed E-state index contributed by atoms with van der Waals surface area (Å²) < 4.78 is 30.8. The van der Waals surface area contributed by atoms with Crippen LogP contribution in [0.25, 0.3) is 0 Å². The summed E-state index contributed by atoms with van der Waals surface area (Å²) in [6.07, 6.45) is 3.98. The first kappa shape index (κ1) is 18.4. The van der Waals surface area contributed by atoms with Gasteiger partial charge in [-0.1, -0.05) is 12.1 Å². The topological polar surface area (TPSA) is 157 Å². The molecular formula is C14H17BN4O6S.